The molecule has 5 heteroatoms. The van der Waals surface area contributed by atoms with E-state index in [4.69, 9.17) is 18.9 Å². The molecule has 5 nitrogen and oxygen atoms in total. The highest BCUT2D eigenvalue weighted by atomic mass is 16.5. The molecule has 0 aliphatic carbocycles. The van der Waals surface area contributed by atoms with Gasteiger partial charge in [-0.05, 0) is 47.9 Å². The Morgan fingerprint density at radius 1 is 0.960 bits per heavy atom. The molecule has 0 amide bonds. The van der Waals surface area contributed by atoms with Crippen molar-refractivity contribution >= 4 is 12.0 Å². The summed E-state index contributed by atoms with van der Waals surface area (Å²) in [6.45, 7) is 2.13. The van der Waals surface area contributed by atoms with Crippen molar-refractivity contribution in [3.05, 3.63) is 48.0 Å². The van der Waals surface area contributed by atoms with Crippen molar-refractivity contribution in [2.24, 2.45) is 0 Å². The first kappa shape index (κ1) is 18.4. The number of methoxy groups -OCH3 is 3. The third-order valence-electron chi connectivity index (χ3n) is 3.58. The van der Waals surface area contributed by atoms with E-state index in [1.807, 2.05) is 36.4 Å². The van der Waals surface area contributed by atoms with Crippen molar-refractivity contribution in [2.75, 3.05) is 27.9 Å². The minimum atomic E-state index is -0.360. The average Bonchev–Trinajstić information content (AvgIpc) is 2.65. The number of ether oxygens (including phenoxy) is 4. The van der Waals surface area contributed by atoms with Gasteiger partial charge in [-0.2, -0.15) is 0 Å². The Labute approximate surface area is 147 Å². The van der Waals surface area contributed by atoms with Gasteiger partial charge in [-0.25, -0.2) is 4.79 Å². The van der Waals surface area contributed by atoms with Crippen LogP contribution in [-0.2, 0) is 9.53 Å². The van der Waals surface area contributed by atoms with Crippen molar-refractivity contribution in [3.63, 3.8) is 0 Å². The lowest BCUT2D eigenvalue weighted by molar-refractivity contribution is -0.137. The number of esters is 1. The summed E-state index contributed by atoms with van der Waals surface area (Å²) in [5, 5.41) is 0. The van der Waals surface area contributed by atoms with E-state index < -0.39 is 0 Å². The third-order valence-corrected chi connectivity index (χ3v) is 3.58. The van der Waals surface area contributed by atoms with Gasteiger partial charge in [0.2, 0.25) is 5.75 Å². The van der Waals surface area contributed by atoms with E-state index in [-0.39, 0.29) is 5.97 Å². The molecule has 0 fully saturated rings. The van der Waals surface area contributed by atoms with Crippen LogP contribution in [0.1, 0.15) is 12.5 Å². The molecule has 0 spiro atoms. The fourth-order valence-electron chi connectivity index (χ4n) is 2.42. The Bertz CT molecular complexity index is 739. The second kappa shape index (κ2) is 8.78. The lowest BCUT2D eigenvalue weighted by atomic mass is 10.0. The molecule has 0 N–H and O–H groups in total. The van der Waals surface area contributed by atoms with Gasteiger partial charge in [-0.15, -0.1) is 0 Å². The number of hydrogen-bond acceptors (Lipinski definition) is 5. The smallest absolute Gasteiger partial charge is 0.330 e. The monoisotopic (exact) mass is 342 g/mol. The van der Waals surface area contributed by atoms with Crippen LogP contribution in [0.3, 0.4) is 0 Å². The van der Waals surface area contributed by atoms with E-state index in [1.165, 1.54) is 6.08 Å². The van der Waals surface area contributed by atoms with Crippen LogP contribution in [0.2, 0.25) is 0 Å². The first-order valence-electron chi connectivity index (χ1n) is 7.88. The van der Waals surface area contributed by atoms with Crippen LogP contribution >= 0.6 is 0 Å². The topological polar surface area (TPSA) is 54.0 Å². The summed E-state index contributed by atoms with van der Waals surface area (Å²) in [7, 11) is 4.74. The molecule has 2 aromatic carbocycles. The second-order valence-corrected chi connectivity index (χ2v) is 5.12. The van der Waals surface area contributed by atoms with Crippen LogP contribution < -0.4 is 14.2 Å². The first-order valence-corrected chi connectivity index (χ1v) is 7.88. The van der Waals surface area contributed by atoms with Crippen molar-refractivity contribution in [1.82, 2.24) is 0 Å². The maximum Gasteiger partial charge on any atom is 0.330 e. The Hall–Kier alpha value is -2.95. The SMILES string of the molecule is CCOC(=O)/C=C\c1cccc(-c2cc(OC)c(OC)c(OC)c2)c1. The molecule has 0 radical (unpaired) electrons. The van der Waals surface area contributed by atoms with Gasteiger partial charge in [-0.1, -0.05) is 18.2 Å². The van der Waals surface area contributed by atoms with Crippen LogP contribution in [0.25, 0.3) is 17.2 Å². The predicted molar refractivity (Wildman–Crippen MR) is 97.2 cm³/mol. The lowest BCUT2D eigenvalue weighted by Gasteiger charge is -2.14. The predicted octanol–water partition coefficient (Wildman–Crippen LogP) is 3.96. The van der Waals surface area contributed by atoms with Crippen LogP contribution in [0.15, 0.2) is 42.5 Å². The van der Waals surface area contributed by atoms with E-state index >= 15 is 0 Å². The number of hydrogen-bond donors (Lipinski definition) is 0. The summed E-state index contributed by atoms with van der Waals surface area (Å²) in [6.07, 6.45) is 3.14. The number of rotatable bonds is 7. The van der Waals surface area contributed by atoms with E-state index in [1.54, 1.807) is 34.3 Å². The van der Waals surface area contributed by atoms with Crippen LogP contribution in [0, 0.1) is 0 Å². The quantitative estimate of drug-likeness (QED) is 0.563. The van der Waals surface area contributed by atoms with Gasteiger partial charge >= 0.3 is 5.97 Å². The van der Waals surface area contributed by atoms with Crippen LogP contribution in [-0.4, -0.2) is 33.9 Å². The standard InChI is InChI=1S/C20H22O5/c1-5-25-19(21)10-9-14-7-6-8-15(11-14)16-12-17(22-2)20(24-4)18(13-16)23-3/h6-13H,5H2,1-4H3/b10-9-. The van der Waals surface area contributed by atoms with Gasteiger partial charge in [0.05, 0.1) is 27.9 Å². The van der Waals surface area contributed by atoms with Crippen molar-refractivity contribution in [1.29, 1.82) is 0 Å². The van der Waals surface area contributed by atoms with Gasteiger partial charge in [0.1, 0.15) is 0 Å². The maximum absolute atomic E-state index is 11.5. The summed E-state index contributed by atoms with van der Waals surface area (Å²) in [5.41, 5.74) is 2.77. The third kappa shape index (κ3) is 4.53. The highest BCUT2D eigenvalue weighted by Gasteiger charge is 2.14. The molecule has 132 valence electrons. The molecule has 0 aromatic heterocycles. The van der Waals surface area contributed by atoms with Crippen molar-refractivity contribution in [3.8, 4) is 28.4 Å². The lowest BCUT2D eigenvalue weighted by Crippen LogP contribution is -1.98. The molecule has 0 saturated carbocycles. The zero-order valence-electron chi connectivity index (χ0n) is 14.9. The highest BCUT2D eigenvalue weighted by molar-refractivity contribution is 5.87. The number of carbonyl (C=O) groups is 1. The summed E-state index contributed by atoms with van der Waals surface area (Å²) in [4.78, 5) is 11.5. The molecular weight excluding hydrogens is 320 g/mol. The van der Waals surface area contributed by atoms with Gasteiger partial charge in [-0.3, -0.25) is 0 Å². The zero-order valence-corrected chi connectivity index (χ0v) is 14.9. The summed E-state index contributed by atoms with van der Waals surface area (Å²) < 4.78 is 21.0. The summed E-state index contributed by atoms with van der Waals surface area (Å²) in [5.74, 6) is 1.36. The van der Waals surface area contributed by atoms with E-state index in [0.29, 0.717) is 23.9 Å². The second-order valence-electron chi connectivity index (χ2n) is 5.12. The fraction of sp³-hybridized carbons (Fsp3) is 0.250. The normalized spacial score (nSPS) is 10.6. The molecule has 25 heavy (non-hydrogen) atoms. The Morgan fingerprint density at radius 3 is 2.20 bits per heavy atom. The maximum atomic E-state index is 11.5. The molecule has 0 heterocycles. The van der Waals surface area contributed by atoms with E-state index in [2.05, 4.69) is 0 Å². The summed E-state index contributed by atoms with van der Waals surface area (Å²) in [6, 6.07) is 11.5. The number of benzene rings is 2. The zero-order chi connectivity index (χ0) is 18.2. The molecule has 0 bridgehead atoms. The van der Waals surface area contributed by atoms with Crippen molar-refractivity contribution < 1.29 is 23.7 Å². The van der Waals surface area contributed by atoms with Gasteiger partial charge in [0, 0.05) is 6.08 Å². The Balaban J connectivity index is 2.39. The minimum Gasteiger partial charge on any atom is -0.493 e. The fourth-order valence-corrected chi connectivity index (χ4v) is 2.42. The molecule has 0 unspecified atom stereocenters. The molecule has 0 aliphatic rings. The van der Waals surface area contributed by atoms with Gasteiger partial charge < -0.3 is 18.9 Å². The summed E-state index contributed by atoms with van der Waals surface area (Å²) >= 11 is 0. The van der Waals surface area contributed by atoms with Gasteiger partial charge in [0.25, 0.3) is 0 Å². The highest BCUT2D eigenvalue weighted by Crippen LogP contribution is 2.41. The molecular formula is C20H22O5. The molecule has 2 rings (SSSR count). The molecule has 0 aliphatic heterocycles. The van der Waals surface area contributed by atoms with Crippen LogP contribution in [0.5, 0.6) is 17.2 Å². The average molecular weight is 342 g/mol. The Kier molecular flexibility index (Phi) is 6.46. The molecule has 0 saturated heterocycles. The van der Waals surface area contributed by atoms with Gasteiger partial charge in [0.15, 0.2) is 11.5 Å². The molecule has 0 atom stereocenters. The molecule has 2 aromatic rings. The van der Waals surface area contributed by atoms with Crippen molar-refractivity contribution in [2.45, 2.75) is 6.92 Å². The van der Waals surface area contributed by atoms with E-state index in [9.17, 15) is 4.79 Å². The first-order chi connectivity index (χ1) is 12.1. The largest absolute Gasteiger partial charge is 0.493 e. The van der Waals surface area contributed by atoms with Crippen LogP contribution in [0.4, 0.5) is 0 Å². The number of carbonyl (C=O) groups excluding carboxylic acids is 1. The Morgan fingerprint density at radius 2 is 1.64 bits per heavy atom. The van der Waals surface area contributed by atoms with E-state index in [0.717, 1.165) is 16.7 Å². The minimum absolute atomic E-state index is 0.356.